The van der Waals surface area contributed by atoms with Gasteiger partial charge in [0.1, 0.15) is 4.99 Å². The highest BCUT2D eigenvalue weighted by Gasteiger charge is 2.15. The second kappa shape index (κ2) is 5.72. The van der Waals surface area contributed by atoms with E-state index < -0.39 is 9.84 Å². The maximum Gasteiger partial charge on any atom is 0.180 e. The van der Waals surface area contributed by atoms with Gasteiger partial charge in [-0.05, 0) is 24.6 Å². The number of hydrogen-bond donors (Lipinski definition) is 1. The fraction of sp³-hybridized carbons (Fsp3) is 0.231. The molecule has 0 aliphatic heterocycles. The van der Waals surface area contributed by atoms with Crippen molar-refractivity contribution in [1.82, 2.24) is 9.78 Å². The van der Waals surface area contributed by atoms with Gasteiger partial charge in [-0.15, -0.1) is 0 Å². The SMILES string of the molecule is Cc1cnn(CCS(=O)(=O)c2cccc(C(N)=S)c2)c1. The number of sulfone groups is 1. The van der Waals surface area contributed by atoms with Gasteiger partial charge in [-0.3, -0.25) is 4.68 Å². The first-order valence-corrected chi connectivity index (χ1v) is 8.06. The van der Waals surface area contributed by atoms with E-state index in [-0.39, 0.29) is 15.6 Å². The van der Waals surface area contributed by atoms with Gasteiger partial charge < -0.3 is 5.73 Å². The molecule has 0 fully saturated rings. The maximum absolute atomic E-state index is 12.3. The van der Waals surface area contributed by atoms with Crippen molar-refractivity contribution in [2.45, 2.75) is 18.4 Å². The number of nitrogens with zero attached hydrogens (tertiary/aromatic N) is 2. The van der Waals surface area contributed by atoms with Gasteiger partial charge in [0.2, 0.25) is 0 Å². The molecule has 0 atom stereocenters. The van der Waals surface area contributed by atoms with Crippen LogP contribution in [0.3, 0.4) is 0 Å². The third-order valence-corrected chi connectivity index (χ3v) is 4.76. The lowest BCUT2D eigenvalue weighted by Gasteiger charge is -2.06. The van der Waals surface area contributed by atoms with E-state index in [1.165, 1.54) is 6.07 Å². The standard InChI is InChI=1S/C13H15N3O2S2/c1-10-8-15-16(9-10)5-6-20(17,18)12-4-2-3-11(7-12)13(14)19/h2-4,7-9H,5-6H2,1H3,(H2,14,19). The number of nitrogens with two attached hydrogens (primary N) is 1. The Morgan fingerprint density at radius 3 is 2.80 bits per heavy atom. The topological polar surface area (TPSA) is 78.0 Å². The summed E-state index contributed by atoms with van der Waals surface area (Å²) in [5, 5.41) is 4.07. The predicted molar refractivity (Wildman–Crippen MR) is 81.3 cm³/mol. The van der Waals surface area contributed by atoms with Gasteiger partial charge in [-0.2, -0.15) is 5.10 Å². The Bertz CT molecular complexity index is 736. The second-order valence-electron chi connectivity index (χ2n) is 4.49. The molecule has 0 amide bonds. The predicted octanol–water partition coefficient (Wildman–Crippen LogP) is 1.30. The minimum absolute atomic E-state index is 0.0189. The van der Waals surface area contributed by atoms with Gasteiger partial charge in [0.15, 0.2) is 9.84 Å². The Morgan fingerprint density at radius 1 is 1.45 bits per heavy atom. The molecule has 1 aromatic carbocycles. The van der Waals surface area contributed by atoms with E-state index in [9.17, 15) is 8.42 Å². The number of hydrogen-bond acceptors (Lipinski definition) is 4. The van der Waals surface area contributed by atoms with Crippen LogP contribution in [0.25, 0.3) is 0 Å². The number of benzene rings is 1. The lowest BCUT2D eigenvalue weighted by Crippen LogP contribution is -2.15. The number of rotatable bonds is 5. The van der Waals surface area contributed by atoms with Gasteiger partial charge in [0, 0.05) is 11.8 Å². The van der Waals surface area contributed by atoms with Crippen LogP contribution < -0.4 is 5.73 Å². The molecular formula is C13H15N3O2S2. The average molecular weight is 309 g/mol. The minimum atomic E-state index is -3.38. The average Bonchev–Trinajstić information content (AvgIpc) is 2.82. The molecule has 1 heterocycles. The van der Waals surface area contributed by atoms with Crippen molar-refractivity contribution in [2.24, 2.45) is 5.73 Å². The zero-order valence-corrected chi connectivity index (χ0v) is 12.6. The molecule has 0 spiro atoms. The Labute approximate surface area is 123 Å². The second-order valence-corrected chi connectivity index (χ2v) is 7.04. The van der Waals surface area contributed by atoms with Crippen LogP contribution >= 0.6 is 12.2 Å². The zero-order chi connectivity index (χ0) is 14.8. The highest BCUT2D eigenvalue weighted by Crippen LogP contribution is 2.14. The summed E-state index contributed by atoms with van der Waals surface area (Å²) in [6.45, 7) is 2.22. The van der Waals surface area contributed by atoms with E-state index in [1.54, 1.807) is 35.3 Å². The summed E-state index contributed by atoms with van der Waals surface area (Å²) >= 11 is 4.86. The molecule has 0 aliphatic carbocycles. The fourth-order valence-corrected chi connectivity index (χ4v) is 3.15. The summed E-state index contributed by atoms with van der Waals surface area (Å²) in [7, 11) is -3.38. The molecule has 0 bridgehead atoms. The van der Waals surface area contributed by atoms with Gasteiger partial charge >= 0.3 is 0 Å². The fourth-order valence-electron chi connectivity index (χ4n) is 1.76. The number of thiocarbonyl (C=S) groups is 1. The van der Waals surface area contributed by atoms with Crippen LogP contribution in [-0.2, 0) is 16.4 Å². The molecule has 0 aliphatic rings. The molecule has 7 heteroatoms. The largest absolute Gasteiger partial charge is 0.389 e. The monoisotopic (exact) mass is 309 g/mol. The van der Waals surface area contributed by atoms with E-state index >= 15 is 0 Å². The van der Waals surface area contributed by atoms with Crippen molar-refractivity contribution >= 4 is 27.0 Å². The third kappa shape index (κ3) is 3.43. The Kier molecular flexibility index (Phi) is 4.20. The summed E-state index contributed by atoms with van der Waals surface area (Å²) in [5.74, 6) is -0.0189. The molecule has 20 heavy (non-hydrogen) atoms. The summed E-state index contributed by atoms with van der Waals surface area (Å²) in [4.78, 5) is 0.413. The molecule has 2 rings (SSSR count). The van der Waals surface area contributed by atoms with Gasteiger partial charge in [0.25, 0.3) is 0 Å². The molecule has 1 aromatic heterocycles. The minimum Gasteiger partial charge on any atom is -0.389 e. The molecule has 2 aromatic rings. The summed E-state index contributed by atoms with van der Waals surface area (Å²) in [6, 6.07) is 6.38. The van der Waals surface area contributed by atoms with Gasteiger partial charge in [0.05, 0.1) is 23.4 Å². The molecule has 0 saturated carbocycles. The summed E-state index contributed by atoms with van der Waals surface area (Å²) < 4.78 is 26.1. The summed E-state index contributed by atoms with van der Waals surface area (Å²) in [5.41, 5.74) is 7.07. The molecular weight excluding hydrogens is 294 g/mol. The summed E-state index contributed by atoms with van der Waals surface area (Å²) in [6.07, 6.45) is 3.50. The maximum atomic E-state index is 12.3. The molecule has 0 unspecified atom stereocenters. The lowest BCUT2D eigenvalue weighted by molar-refractivity contribution is 0.580. The highest BCUT2D eigenvalue weighted by molar-refractivity contribution is 7.91. The first kappa shape index (κ1) is 14.7. The normalized spacial score (nSPS) is 11.4. The van der Waals surface area contributed by atoms with Crippen molar-refractivity contribution in [3.8, 4) is 0 Å². The van der Waals surface area contributed by atoms with E-state index in [0.717, 1.165) is 5.56 Å². The van der Waals surface area contributed by atoms with Crippen molar-refractivity contribution in [1.29, 1.82) is 0 Å². The van der Waals surface area contributed by atoms with Crippen LogP contribution in [0, 0.1) is 6.92 Å². The van der Waals surface area contributed by atoms with Crippen LogP contribution in [0.2, 0.25) is 0 Å². The highest BCUT2D eigenvalue weighted by atomic mass is 32.2. The molecule has 5 nitrogen and oxygen atoms in total. The van der Waals surface area contributed by atoms with E-state index in [4.69, 9.17) is 18.0 Å². The van der Waals surface area contributed by atoms with Crippen LogP contribution in [0.1, 0.15) is 11.1 Å². The zero-order valence-electron chi connectivity index (χ0n) is 11.0. The van der Waals surface area contributed by atoms with Gasteiger partial charge in [-0.25, -0.2) is 8.42 Å². The molecule has 106 valence electrons. The Hall–Kier alpha value is -1.73. The lowest BCUT2D eigenvalue weighted by atomic mass is 10.2. The van der Waals surface area contributed by atoms with Crippen molar-refractivity contribution in [3.63, 3.8) is 0 Å². The Balaban J connectivity index is 2.17. The van der Waals surface area contributed by atoms with Crippen molar-refractivity contribution in [3.05, 3.63) is 47.8 Å². The molecule has 0 radical (unpaired) electrons. The molecule has 0 saturated heterocycles. The number of aryl methyl sites for hydroxylation is 2. The molecule has 2 N–H and O–H groups in total. The quantitative estimate of drug-likeness (QED) is 0.842. The van der Waals surface area contributed by atoms with Crippen LogP contribution in [0.4, 0.5) is 0 Å². The van der Waals surface area contributed by atoms with Crippen molar-refractivity contribution < 1.29 is 8.42 Å². The van der Waals surface area contributed by atoms with E-state index in [2.05, 4.69) is 5.10 Å². The first-order chi connectivity index (χ1) is 9.38. The third-order valence-electron chi connectivity index (χ3n) is 2.83. The van der Waals surface area contributed by atoms with E-state index in [1.807, 2.05) is 6.92 Å². The van der Waals surface area contributed by atoms with Crippen LogP contribution in [-0.4, -0.2) is 28.9 Å². The van der Waals surface area contributed by atoms with E-state index in [0.29, 0.717) is 12.1 Å². The van der Waals surface area contributed by atoms with Crippen LogP contribution in [0.15, 0.2) is 41.6 Å². The Morgan fingerprint density at radius 2 is 2.20 bits per heavy atom. The smallest absolute Gasteiger partial charge is 0.180 e. The first-order valence-electron chi connectivity index (χ1n) is 6.00. The van der Waals surface area contributed by atoms with Gasteiger partial charge in [-0.1, -0.05) is 24.4 Å². The number of aromatic nitrogens is 2. The van der Waals surface area contributed by atoms with Crippen molar-refractivity contribution in [2.75, 3.05) is 5.75 Å². The van der Waals surface area contributed by atoms with Crippen LogP contribution in [0.5, 0.6) is 0 Å².